The van der Waals surface area contributed by atoms with Gasteiger partial charge in [-0.1, -0.05) is 17.7 Å². The van der Waals surface area contributed by atoms with E-state index in [4.69, 9.17) is 21.1 Å². The summed E-state index contributed by atoms with van der Waals surface area (Å²) < 4.78 is 11.6. The minimum Gasteiger partial charge on any atom is -0.493 e. The molecule has 140 valence electrons. The predicted octanol–water partition coefficient (Wildman–Crippen LogP) is 5.16. The average Bonchev–Trinajstić information content (AvgIpc) is 2.99. The van der Waals surface area contributed by atoms with E-state index in [1.165, 1.54) is 11.8 Å². The Morgan fingerprint density at radius 1 is 1.22 bits per heavy atom. The third kappa shape index (κ3) is 4.41. The summed E-state index contributed by atoms with van der Waals surface area (Å²) in [6.45, 7) is 1.89. The monoisotopic (exact) mass is 514 g/mol. The van der Waals surface area contributed by atoms with Gasteiger partial charge in [0.05, 0.1) is 24.8 Å². The fourth-order valence-electron chi connectivity index (χ4n) is 2.43. The summed E-state index contributed by atoms with van der Waals surface area (Å²) in [5.74, 6) is 1.06. The predicted molar refractivity (Wildman–Crippen MR) is 119 cm³/mol. The number of amides is 1. The maximum absolute atomic E-state index is 12.4. The largest absolute Gasteiger partial charge is 0.493 e. The molecule has 2 aromatic rings. The molecule has 1 saturated heterocycles. The number of hydrogen-bond acceptors (Lipinski definition) is 5. The van der Waals surface area contributed by atoms with E-state index in [1.54, 1.807) is 14.2 Å². The van der Waals surface area contributed by atoms with Crippen LogP contribution in [0.4, 0.5) is 5.69 Å². The van der Waals surface area contributed by atoms with Crippen LogP contribution in [-0.4, -0.2) is 25.3 Å². The summed E-state index contributed by atoms with van der Waals surface area (Å²) in [4.78, 5) is 17.4. The van der Waals surface area contributed by atoms with Gasteiger partial charge in [0.15, 0.2) is 16.7 Å². The zero-order valence-electron chi connectivity index (χ0n) is 14.8. The lowest BCUT2D eigenvalue weighted by atomic mass is 10.2. The molecular formula is C19H16ClIN2O3S. The number of halogens is 2. The average molecular weight is 515 g/mol. The molecule has 0 aliphatic carbocycles. The quantitative estimate of drug-likeness (QED) is 0.452. The molecule has 0 radical (unpaired) electrons. The second kappa shape index (κ2) is 8.53. The summed E-state index contributed by atoms with van der Waals surface area (Å²) in [5, 5.41) is 3.96. The number of nitrogens with zero attached hydrogens (tertiary/aromatic N) is 1. The minimum atomic E-state index is -0.191. The van der Waals surface area contributed by atoms with E-state index >= 15 is 0 Å². The first-order valence-corrected chi connectivity index (χ1v) is 10.2. The maximum atomic E-state index is 12.4. The van der Waals surface area contributed by atoms with Crippen molar-refractivity contribution in [3.63, 3.8) is 0 Å². The lowest BCUT2D eigenvalue weighted by Gasteiger charge is -2.10. The Morgan fingerprint density at radius 3 is 2.63 bits per heavy atom. The summed E-state index contributed by atoms with van der Waals surface area (Å²) >= 11 is 9.63. The smallest absolute Gasteiger partial charge is 0.264 e. The van der Waals surface area contributed by atoms with Gasteiger partial charge in [0.2, 0.25) is 0 Å². The fraction of sp³-hybridized carbons (Fsp3) is 0.158. The number of hydrogen-bond donors (Lipinski definition) is 1. The summed E-state index contributed by atoms with van der Waals surface area (Å²) in [6, 6.07) is 9.22. The van der Waals surface area contributed by atoms with Gasteiger partial charge in [0, 0.05) is 8.59 Å². The lowest BCUT2D eigenvalue weighted by Crippen LogP contribution is -2.19. The number of carbonyl (C=O) groups excluding carboxylic acids is 1. The first kappa shape index (κ1) is 20.0. The van der Waals surface area contributed by atoms with Crippen LogP contribution in [0, 0.1) is 10.5 Å². The number of methoxy groups -OCH3 is 2. The van der Waals surface area contributed by atoms with Crippen molar-refractivity contribution in [2.45, 2.75) is 6.92 Å². The van der Waals surface area contributed by atoms with Gasteiger partial charge in [0.1, 0.15) is 0 Å². The van der Waals surface area contributed by atoms with Crippen molar-refractivity contribution in [1.29, 1.82) is 0 Å². The van der Waals surface area contributed by atoms with Gasteiger partial charge in [-0.25, -0.2) is 4.99 Å². The number of amidine groups is 1. The molecule has 0 aromatic heterocycles. The highest BCUT2D eigenvalue weighted by Gasteiger charge is 2.24. The van der Waals surface area contributed by atoms with Crippen LogP contribution < -0.4 is 14.8 Å². The highest BCUT2D eigenvalue weighted by Crippen LogP contribution is 2.35. The van der Waals surface area contributed by atoms with Crippen molar-refractivity contribution in [3.05, 3.63) is 55.0 Å². The standard InChI is InChI=1S/C19H16ClIN2O3S/c1-10-12(20)5-4-6-14(10)22-19-23-18(24)17(27-19)8-11-7-15(25-2)16(26-3)9-13(11)21/h4-9H,1-3H3,(H,22,23,24)/b17-8-. The molecule has 2 aromatic carbocycles. The first-order chi connectivity index (χ1) is 12.9. The number of carbonyl (C=O) groups is 1. The molecule has 0 spiro atoms. The first-order valence-electron chi connectivity index (χ1n) is 7.89. The van der Waals surface area contributed by atoms with E-state index in [0.717, 1.165) is 20.4 Å². The molecule has 3 rings (SSSR count). The molecule has 5 nitrogen and oxygen atoms in total. The van der Waals surface area contributed by atoms with Gasteiger partial charge in [-0.05, 0) is 82.7 Å². The fourth-order valence-corrected chi connectivity index (χ4v) is 4.02. The van der Waals surface area contributed by atoms with Crippen LogP contribution in [0.25, 0.3) is 6.08 Å². The summed E-state index contributed by atoms with van der Waals surface area (Å²) in [5.41, 5.74) is 2.46. The highest BCUT2D eigenvalue weighted by atomic mass is 127. The van der Waals surface area contributed by atoms with Gasteiger partial charge in [-0.2, -0.15) is 0 Å². The Hall–Kier alpha value is -1.71. The highest BCUT2D eigenvalue weighted by molar-refractivity contribution is 14.1. The molecule has 1 N–H and O–H groups in total. The van der Waals surface area contributed by atoms with Crippen molar-refractivity contribution in [2.24, 2.45) is 4.99 Å². The van der Waals surface area contributed by atoms with Crippen molar-refractivity contribution in [1.82, 2.24) is 5.32 Å². The Balaban J connectivity index is 1.92. The SMILES string of the molecule is COc1cc(I)c(/C=C2\SC(=Nc3cccc(Cl)c3C)NC2=O)cc1OC. The van der Waals surface area contributed by atoms with E-state index in [1.807, 2.05) is 43.3 Å². The molecule has 27 heavy (non-hydrogen) atoms. The molecule has 8 heteroatoms. The number of nitrogens with one attached hydrogen (secondary N) is 1. The molecule has 1 fully saturated rings. The molecular weight excluding hydrogens is 499 g/mol. The number of aliphatic imine (C=N–C) groups is 1. The molecule has 1 aliphatic heterocycles. The van der Waals surface area contributed by atoms with Crippen molar-refractivity contribution in [3.8, 4) is 11.5 Å². The molecule has 0 atom stereocenters. The van der Waals surface area contributed by atoms with Gasteiger partial charge in [0.25, 0.3) is 5.91 Å². The Labute approximate surface area is 180 Å². The Kier molecular flexibility index (Phi) is 6.33. The number of thioether (sulfide) groups is 1. The van der Waals surface area contributed by atoms with Crippen LogP contribution in [0.1, 0.15) is 11.1 Å². The molecule has 1 amide bonds. The third-order valence-electron chi connectivity index (χ3n) is 3.90. The van der Waals surface area contributed by atoms with Crippen LogP contribution >= 0.6 is 46.0 Å². The van der Waals surface area contributed by atoms with Crippen molar-refractivity contribution < 1.29 is 14.3 Å². The van der Waals surface area contributed by atoms with Crippen LogP contribution in [0.15, 0.2) is 40.2 Å². The van der Waals surface area contributed by atoms with Crippen molar-refractivity contribution >= 4 is 68.8 Å². The zero-order valence-corrected chi connectivity index (χ0v) is 18.5. The number of rotatable bonds is 4. The van der Waals surface area contributed by atoms with Crippen LogP contribution in [0.3, 0.4) is 0 Å². The van der Waals surface area contributed by atoms with Gasteiger partial charge in [-0.3, -0.25) is 4.79 Å². The van der Waals surface area contributed by atoms with Crippen LogP contribution in [-0.2, 0) is 4.79 Å². The van der Waals surface area contributed by atoms with Crippen LogP contribution in [0.2, 0.25) is 5.02 Å². The Morgan fingerprint density at radius 2 is 1.93 bits per heavy atom. The maximum Gasteiger partial charge on any atom is 0.264 e. The zero-order chi connectivity index (χ0) is 19.6. The van der Waals surface area contributed by atoms with E-state index < -0.39 is 0 Å². The third-order valence-corrected chi connectivity index (χ3v) is 6.15. The lowest BCUT2D eigenvalue weighted by molar-refractivity contribution is -0.115. The number of benzene rings is 2. The van der Waals surface area contributed by atoms with Crippen molar-refractivity contribution in [2.75, 3.05) is 14.2 Å². The van der Waals surface area contributed by atoms with E-state index in [-0.39, 0.29) is 5.91 Å². The normalized spacial score (nSPS) is 16.7. The number of ether oxygens (including phenoxy) is 2. The van der Waals surface area contributed by atoms with Crippen LogP contribution in [0.5, 0.6) is 11.5 Å². The second-order valence-corrected chi connectivity index (χ2v) is 8.19. The molecule has 0 unspecified atom stereocenters. The van der Waals surface area contributed by atoms with Gasteiger partial charge >= 0.3 is 0 Å². The van der Waals surface area contributed by atoms with Gasteiger partial charge in [-0.15, -0.1) is 0 Å². The summed E-state index contributed by atoms with van der Waals surface area (Å²) in [6.07, 6.45) is 1.82. The molecule has 0 bridgehead atoms. The van der Waals surface area contributed by atoms with E-state index in [0.29, 0.717) is 26.6 Å². The Bertz CT molecular complexity index is 976. The molecule has 1 heterocycles. The topological polar surface area (TPSA) is 59.9 Å². The second-order valence-electron chi connectivity index (χ2n) is 5.59. The van der Waals surface area contributed by atoms with Gasteiger partial charge < -0.3 is 14.8 Å². The minimum absolute atomic E-state index is 0.191. The molecule has 1 aliphatic rings. The molecule has 0 saturated carbocycles. The van der Waals surface area contributed by atoms with E-state index in [9.17, 15) is 4.79 Å². The van der Waals surface area contributed by atoms with E-state index in [2.05, 4.69) is 32.9 Å². The summed E-state index contributed by atoms with van der Waals surface area (Å²) in [7, 11) is 3.17.